The molecule has 0 amide bonds. The molecule has 0 radical (unpaired) electrons. The highest BCUT2D eigenvalue weighted by atomic mass is 35.5. The summed E-state index contributed by atoms with van der Waals surface area (Å²) in [6.45, 7) is 0. The van der Waals surface area contributed by atoms with Gasteiger partial charge >= 0.3 is 0 Å². The van der Waals surface area contributed by atoms with Gasteiger partial charge in [0.25, 0.3) is 0 Å². The molecule has 0 spiro atoms. The van der Waals surface area contributed by atoms with Gasteiger partial charge in [0.15, 0.2) is 0 Å². The number of aromatic nitrogens is 1. The molecule has 1 unspecified atom stereocenters. The van der Waals surface area contributed by atoms with Gasteiger partial charge in [-0.3, -0.25) is 4.98 Å². The second-order valence-corrected chi connectivity index (χ2v) is 4.50. The third-order valence-electron chi connectivity index (χ3n) is 2.87. The molecular weight excluding hydrogens is 251 g/mol. The standard InChI is InChI=1S/C14H14ClFN2/c1-17-14(11-3-2-6-18-9-11)7-10-4-5-12(15)8-13(10)16/h2-6,8-9,14,17H,7H2,1H3. The van der Waals surface area contributed by atoms with Gasteiger partial charge in [0.2, 0.25) is 0 Å². The van der Waals surface area contributed by atoms with Gasteiger partial charge in [-0.2, -0.15) is 0 Å². The van der Waals surface area contributed by atoms with E-state index in [1.54, 1.807) is 24.5 Å². The normalized spacial score (nSPS) is 12.4. The largest absolute Gasteiger partial charge is 0.313 e. The molecule has 1 heterocycles. The molecule has 1 N–H and O–H groups in total. The number of rotatable bonds is 4. The molecule has 1 aromatic carbocycles. The number of likely N-dealkylation sites (N-methyl/N-ethyl adjacent to an activating group) is 1. The molecule has 0 saturated heterocycles. The number of nitrogens with one attached hydrogen (secondary N) is 1. The second-order valence-electron chi connectivity index (χ2n) is 4.07. The van der Waals surface area contributed by atoms with E-state index in [0.29, 0.717) is 17.0 Å². The van der Waals surface area contributed by atoms with Gasteiger partial charge in [-0.15, -0.1) is 0 Å². The van der Waals surface area contributed by atoms with Crippen molar-refractivity contribution < 1.29 is 4.39 Å². The highest BCUT2D eigenvalue weighted by molar-refractivity contribution is 6.30. The third kappa shape index (κ3) is 3.06. The summed E-state index contributed by atoms with van der Waals surface area (Å²) in [5, 5.41) is 3.58. The predicted octanol–water partition coefficient (Wildman–Crippen LogP) is 3.38. The van der Waals surface area contributed by atoms with Crippen LogP contribution in [0.5, 0.6) is 0 Å². The minimum Gasteiger partial charge on any atom is -0.313 e. The van der Waals surface area contributed by atoms with Crippen molar-refractivity contribution in [2.45, 2.75) is 12.5 Å². The van der Waals surface area contributed by atoms with Gasteiger partial charge in [0.05, 0.1) is 0 Å². The molecule has 4 heteroatoms. The lowest BCUT2D eigenvalue weighted by Gasteiger charge is -2.16. The molecule has 0 aliphatic carbocycles. The quantitative estimate of drug-likeness (QED) is 0.916. The Morgan fingerprint density at radius 2 is 2.22 bits per heavy atom. The maximum Gasteiger partial charge on any atom is 0.127 e. The Bertz CT molecular complexity index is 516. The Hall–Kier alpha value is -1.45. The van der Waals surface area contributed by atoms with Crippen molar-refractivity contribution in [2.75, 3.05) is 7.05 Å². The van der Waals surface area contributed by atoms with Crippen LogP contribution in [0.25, 0.3) is 0 Å². The van der Waals surface area contributed by atoms with Crippen LogP contribution >= 0.6 is 11.6 Å². The van der Waals surface area contributed by atoms with Gasteiger partial charge < -0.3 is 5.32 Å². The zero-order chi connectivity index (χ0) is 13.0. The molecule has 0 saturated carbocycles. The lowest BCUT2D eigenvalue weighted by molar-refractivity contribution is 0.553. The Morgan fingerprint density at radius 1 is 1.39 bits per heavy atom. The van der Waals surface area contributed by atoms with Crippen LogP contribution in [0, 0.1) is 5.82 Å². The summed E-state index contributed by atoms with van der Waals surface area (Å²) in [7, 11) is 1.85. The van der Waals surface area contributed by atoms with Crippen LogP contribution in [0.1, 0.15) is 17.2 Å². The van der Waals surface area contributed by atoms with E-state index in [-0.39, 0.29) is 11.9 Å². The summed E-state index contributed by atoms with van der Waals surface area (Å²) < 4.78 is 13.7. The van der Waals surface area contributed by atoms with E-state index in [1.165, 1.54) is 6.07 Å². The summed E-state index contributed by atoms with van der Waals surface area (Å²) in [6.07, 6.45) is 4.07. The van der Waals surface area contributed by atoms with Crippen LogP contribution < -0.4 is 5.32 Å². The highest BCUT2D eigenvalue weighted by Gasteiger charge is 2.13. The van der Waals surface area contributed by atoms with Crippen LogP contribution in [-0.4, -0.2) is 12.0 Å². The van der Waals surface area contributed by atoms with Crippen LogP contribution in [0.2, 0.25) is 5.02 Å². The van der Waals surface area contributed by atoms with Gasteiger partial charge in [0, 0.05) is 23.5 Å². The van der Waals surface area contributed by atoms with Crippen LogP contribution in [-0.2, 0) is 6.42 Å². The average molecular weight is 265 g/mol. The van der Waals surface area contributed by atoms with Gasteiger partial charge in [-0.05, 0) is 42.8 Å². The van der Waals surface area contributed by atoms with E-state index in [1.807, 2.05) is 19.2 Å². The summed E-state index contributed by atoms with van der Waals surface area (Å²) in [5.74, 6) is -0.272. The summed E-state index contributed by atoms with van der Waals surface area (Å²) in [5.41, 5.74) is 1.68. The minimum absolute atomic E-state index is 0.0365. The van der Waals surface area contributed by atoms with Gasteiger partial charge in [0.1, 0.15) is 5.82 Å². The Kier molecular flexibility index (Phi) is 4.28. The fourth-order valence-corrected chi connectivity index (χ4v) is 2.03. The first-order valence-electron chi connectivity index (χ1n) is 5.72. The molecule has 2 rings (SSSR count). The van der Waals surface area contributed by atoms with E-state index in [4.69, 9.17) is 11.6 Å². The second kappa shape index (κ2) is 5.94. The zero-order valence-corrected chi connectivity index (χ0v) is 10.8. The molecule has 0 aliphatic rings. The summed E-state index contributed by atoms with van der Waals surface area (Å²) >= 11 is 5.74. The van der Waals surface area contributed by atoms with Crippen LogP contribution in [0.4, 0.5) is 4.39 Å². The maximum atomic E-state index is 13.7. The Labute approximate surface area is 111 Å². The van der Waals surface area contributed by atoms with Crippen molar-refractivity contribution in [3.63, 3.8) is 0 Å². The molecule has 0 fully saturated rings. The van der Waals surface area contributed by atoms with E-state index in [9.17, 15) is 4.39 Å². The molecular formula is C14H14ClFN2. The first kappa shape index (κ1) is 13.0. The van der Waals surface area contributed by atoms with Crippen LogP contribution in [0.3, 0.4) is 0 Å². The summed E-state index contributed by atoms with van der Waals surface area (Å²) in [6, 6.07) is 8.65. The van der Waals surface area contributed by atoms with Crippen LogP contribution in [0.15, 0.2) is 42.7 Å². The fourth-order valence-electron chi connectivity index (χ4n) is 1.88. The fraction of sp³-hybridized carbons (Fsp3) is 0.214. The van der Waals surface area contributed by atoms with E-state index >= 15 is 0 Å². The Morgan fingerprint density at radius 3 is 2.83 bits per heavy atom. The van der Waals surface area contributed by atoms with Crippen molar-refractivity contribution in [3.8, 4) is 0 Å². The first-order valence-corrected chi connectivity index (χ1v) is 6.09. The monoisotopic (exact) mass is 264 g/mol. The van der Waals surface area contributed by atoms with Crippen molar-refractivity contribution in [1.29, 1.82) is 0 Å². The lowest BCUT2D eigenvalue weighted by Crippen LogP contribution is -2.19. The summed E-state index contributed by atoms with van der Waals surface area (Å²) in [4.78, 5) is 4.08. The molecule has 0 aliphatic heterocycles. The highest BCUT2D eigenvalue weighted by Crippen LogP contribution is 2.21. The van der Waals surface area contributed by atoms with Crippen molar-refractivity contribution >= 4 is 11.6 Å². The number of hydrogen-bond donors (Lipinski definition) is 1. The lowest BCUT2D eigenvalue weighted by atomic mass is 10.00. The van der Waals surface area contributed by atoms with Gasteiger partial charge in [-0.25, -0.2) is 4.39 Å². The van der Waals surface area contributed by atoms with Crippen molar-refractivity contribution in [1.82, 2.24) is 10.3 Å². The number of nitrogens with zero attached hydrogens (tertiary/aromatic N) is 1. The SMILES string of the molecule is CNC(Cc1ccc(Cl)cc1F)c1cccnc1. The zero-order valence-electron chi connectivity index (χ0n) is 10.0. The van der Waals surface area contributed by atoms with E-state index in [2.05, 4.69) is 10.3 Å². The molecule has 18 heavy (non-hydrogen) atoms. The average Bonchev–Trinajstić information content (AvgIpc) is 2.39. The predicted molar refractivity (Wildman–Crippen MR) is 71.2 cm³/mol. The smallest absolute Gasteiger partial charge is 0.127 e. The third-order valence-corrected chi connectivity index (χ3v) is 3.11. The molecule has 1 aromatic heterocycles. The number of hydrogen-bond acceptors (Lipinski definition) is 2. The number of benzene rings is 1. The van der Waals surface area contributed by atoms with Gasteiger partial charge in [-0.1, -0.05) is 23.7 Å². The topological polar surface area (TPSA) is 24.9 Å². The maximum absolute atomic E-state index is 13.7. The van der Waals surface area contributed by atoms with E-state index < -0.39 is 0 Å². The number of halogens is 2. The minimum atomic E-state index is -0.272. The molecule has 2 nitrogen and oxygen atoms in total. The first-order chi connectivity index (χ1) is 8.70. The van der Waals surface area contributed by atoms with Crippen molar-refractivity contribution in [2.24, 2.45) is 0 Å². The molecule has 2 aromatic rings. The number of pyridine rings is 1. The van der Waals surface area contributed by atoms with E-state index in [0.717, 1.165) is 5.56 Å². The van der Waals surface area contributed by atoms with Crippen molar-refractivity contribution in [3.05, 3.63) is 64.7 Å². The molecule has 1 atom stereocenters. The molecule has 0 bridgehead atoms. The Balaban J connectivity index is 2.21. The molecule has 94 valence electrons.